The topological polar surface area (TPSA) is 94.8 Å². The average molecular weight is 152 g/mol. The van der Waals surface area contributed by atoms with Crippen molar-refractivity contribution in [3.63, 3.8) is 0 Å². The first-order chi connectivity index (χ1) is 3.55. The van der Waals surface area contributed by atoms with Crippen molar-refractivity contribution in [3.05, 3.63) is 0 Å². The Morgan fingerprint density at radius 2 is 1.30 bits per heavy atom. The van der Waals surface area contributed by atoms with Gasteiger partial charge in [0.15, 0.2) is 0 Å². The number of aliphatic hydroxyl groups excluding tert-OH is 1. The molecule has 0 unspecified atom stereocenters. The van der Waals surface area contributed by atoms with Gasteiger partial charge in [-0.2, -0.15) is 0 Å². The van der Waals surface area contributed by atoms with Crippen LogP contribution < -0.4 is 0 Å². The molecule has 0 aliphatic heterocycles. The van der Waals surface area contributed by atoms with Gasteiger partial charge in [-0.1, -0.05) is 0 Å². The summed E-state index contributed by atoms with van der Waals surface area (Å²) >= 11 is 0. The van der Waals surface area contributed by atoms with Crippen molar-refractivity contribution < 1.29 is 24.9 Å². The van der Waals surface area contributed by atoms with Gasteiger partial charge >= 0.3 is 60.4 Å². The molecule has 0 bridgehead atoms. The van der Waals surface area contributed by atoms with Crippen molar-refractivity contribution in [2.45, 2.75) is 6.10 Å². The molecule has 0 aromatic carbocycles. The van der Waals surface area contributed by atoms with E-state index in [0.717, 1.165) is 0 Å². The second-order valence-corrected chi connectivity index (χ2v) is 1.08. The molecule has 0 aromatic rings. The molecule has 0 amide bonds. The van der Waals surface area contributed by atoms with Gasteiger partial charge in [-0.25, -0.2) is 9.59 Å². The maximum atomic E-state index is 9.51. The van der Waals surface area contributed by atoms with Gasteiger partial charge in [-0.3, -0.25) is 0 Å². The van der Waals surface area contributed by atoms with Crippen molar-refractivity contribution in [1.29, 1.82) is 0 Å². The van der Waals surface area contributed by atoms with Crippen molar-refractivity contribution >= 4 is 60.4 Å². The molecular formula is C3H6LiNaO5. The van der Waals surface area contributed by atoms with Crippen LogP contribution in [0.25, 0.3) is 0 Å². The van der Waals surface area contributed by atoms with E-state index in [0.29, 0.717) is 0 Å². The molecular weight excluding hydrogens is 146 g/mol. The molecule has 0 rings (SSSR count). The monoisotopic (exact) mass is 152 g/mol. The van der Waals surface area contributed by atoms with Crippen LogP contribution in [-0.2, 0) is 9.59 Å². The van der Waals surface area contributed by atoms with Crippen LogP contribution in [0.2, 0.25) is 0 Å². The molecule has 0 aliphatic rings. The summed E-state index contributed by atoms with van der Waals surface area (Å²) in [4.78, 5) is 19.0. The minimum absolute atomic E-state index is 0. The fourth-order valence-corrected chi connectivity index (χ4v) is 0.106. The van der Waals surface area contributed by atoms with Crippen LogP contribution in [0.1, 0.15) is 0 Å². The molecule has 0 saturated heterocycles. The summed E-state index contributed by atoms with van der Waals surface area (Å²) in [6.07, 6.45) is -2.30. The van der Waals surface area contributed by atoms with Crippen molar-refractivity contribution in [2.24, 2.45) is 0 Å². The van der Waals surface area contributed by atoms with E-state index in [-0.39, 0.29) is 48.4 Å². The minimum atomic E-state index is -2.30. The third-order valence-electron chi connectivity index (χ3n) is 0.468. The molecule has 10 heavy (non-hydrogen) atoms. The summed E-state index contributed by atoms with van der Waals surface area (Å²) in [5.41, 5.74) is 0. The number of hydrogen-bond donors (Lipinski definition) is 3. The summed E-state index contributed by atoms with van der Waals surface area (Å²) in [5, 5.41) is 23.4. The number of rotatable bonds is 2. The maximum absolute atomic E-state index is 9.51. The summed E-state index contributed by atoms with van der Waals surface area (Å²) in [6, 6.07) is 0. The summed E-state index contributed by atoms with van der Waals surface area (Å²) in [7, 11) is 0. The third-order valence-corrected chi connectivity index (χ3v) is 0.468. The molecule has 0 spiro atoms. The van der Waals surface area contributed by atoms with E-state index >= 15 is 0 Å². The third kappa shape index (κ3) is 6.62. The zero-order valence-electron chi connectivity index (χ0n) is 3.74. The van der Waals surface area contributed by atoms with E-state index in [4.69, 9.17) is 15.3 Å². The Balaban J connectivity index is -0.000000245. The van der Waals surface area contributed by atoms with E-state index < -0.39 is 18.0 Å². The van der Waals surface area contributed by atoms with Crippen LogP contribution in [0, 0.1) is 0 Å². The number of carboxylic acid groups (broad SMARTS) is 2. The van der Waals surface area contributed by atoms with Gasteiger partial charge < -0.3 is 15.3 Å². The van der Waals surface area contributed by atoms with Crippen LogP contribution >= 0.6 is 0 Å². The fraction of sp³-hybridized carbons (Fsp3) is 0.333. The zero-order chi connectivity index (χ0) is 6.73. The van der Waals surface area contributed by atoms with Gasteiger partial charge in [0.05, 0.1) is 0 Å². The van der Waals surface area contributed by atoms with Crippen LogP contribution in [0.4, 0.5) is 0 Å². The SMILES string of the molecule is O=C(O)C(O)C(=O)O.[LiH].[NaH]. The number of carboxylic acids is 2. The van der Waals surface area contributed by atoms with E-state index in [1.807, 2.05) is 0 Å². The first kappa shape index (κ1) is 16.8. The summed E-state index contributed by atoms with van der Waals surface area (Å²) < 4.78 is 0. The fourth-order valence-electron chi connectivity index (χ4n) is 0.106. The van der Waals surface area contributed by atoms with Crippen LogP contribution in [-0.4, -0.2) is 81.8 Å². The number of carbonyl (C=O) groups is 2. The van der Waals surface area contributed by atoms with Crippen molar-refractivity contribution in [2.75, 3.05) is 0 Å². The summed E-state index contributed by atoms with van der Waals surface area (Å²) in [5.74, 6) is -3.50. The Morgan fingerprint density at radius 3 is 1.30 bits per heavy atom. The Bertz CT molecular complexity index is 112. The van der Waals surface area contributed by atoms with Gasteiger partial charge in [0.25, 0.3) is 0 Å². The predicted molar refractivity (Wildman–Crippen MR) is 35.6 cm³/mol. The van der Waals surface area contributed by atoms with Crippen LogP contribution in [0.15, 0.2) is 0 Å². The van der Waals surface area contributed by atoms with Gasteiger partial charge in [-0.15, -0.1) is 0 Å². The van der Waals surface area contributed by atoms with Gasteiger partial charge in [-0.05, 0) is 0 Å². The number of aliphatic carboxylic acids is 2. The van der Waals surface area contributed by atoms with E-state index in [1.165, 1.54) is 0 Å². The quantitative estimate of drug-likeness (QED) is 0.294. The van der Waals surface area contributed by atoms with Gasteiger partial charge in [0.1, 0.15) is 0 Å². The second kappa shape index (κ2) is 7.60. The zero-order valence-corrected chi connectivity index (χ0v) is 3.74. The molecule has 0 fully saturated rings. The standard InChI is InChI=1S/C3H4O5.Li.Na.2H/c4-1(2(5)6)3(7)8;;;;/h1,4H,(H,5,6)(H,7,8);;;;. The average Bonchev–Trinajstić information content (AvgIpc) is 1.64. The molecule has 7 heteroatoms. The Morgan fingerprint density at radius 1 is 1.10 bits per heavy atom. The van der Waals surface area contributed by atoms with E-state index in [9.17, 15) is 9.59 Å². The van der Waals surface area contributed by atoms with Crippen molar-refractivity contribution in [3.8, 4) is 0 Å². The number of hydrogen-bond acceptors (Lipinski definition) is 3. The molecule has 3 N–H and O–H groups in total. The first-order valence-electron chi connectivity index (χ1n) is 1.69. The van der Waals surface area contributed by atoms with E-state index in [1.54, 1.807) is 0 Å². The predicted octanol–water partition coefficient (Wildman–Crippen LogP) is -2.78. The second-order valence-electron chi connectivity index (χ2n) is 1.08. The van der Waals surface area contributed by atoms with E-state index in [2.05, 4.69) is 0 Å². The van der Waals surface area contributed by atoms with Crippen molar-refractivity contribution in [1.82, 2.24) is 0 Å². The van der Waals surface area contributed by atoms with Crippen LogP contribution in [0.5, 0.6) is 0 Å². The van der Waals surface area contributed by atoms with Gasteiger partial charge in [0.2, 0.25) is 6.10 Å². The van der Waals surface area contributed by atoms with Crippen LogP contribution in [0.3, 0.4) is 0 Å². The normalized spacial score (nSPS) is 7.40. The Labute approximate surface area is 90.9 Å². The molecule has 0 aliphatic carbocycles. The Hall–Kier alpha value is 0.497. The summed E-state index contributed by atoms with van der Waals surface area (Å²) in [6.45, 7) is 0. The molecule has 50 valence electrons. The molecule has 0 atom stereocenters. The Kier molecular flexibility index (Phi) is 12.8. The first-order valence-corrected chi connectivity index (χ1v) is 1.69. The number of aliphatic hydroxyl groups is 1. The van der Waals surface area contributed by atoms with Gasteiger partial charge in [0, 0.05) is 0 Å². The molecule has 0 heterocycles. The molecule has 5 nitrogen and oxygen atoms in total. The molecule has 0 radical (unpaired) electrons. The molecule has 0 saturated carbocycles. The molecule has 0 aromatic heterocycles.